The summed E-state index contributed by atoms with van der Waals surface area (Å²) >= 11 is 0. The van der Waals surface area contributed by atoms with Gasteiger partial charge in [0.15, 0.2) is 0 Å². The van der Waals surface area contributed by atoms with E-state index in [9.17, 15) is 9.90 Å². The van der Waals surface area contributed by atoms with Gasteiger partial charge in [0.1, 0.15) is 17.4 Å². The zero-order valence-electron chi connectivity index (χ0n) is 28.0. The van der Waals surface area contributed by atoms with Gasteiger partial charge in [0.25, 0.3) is 0 Å². The Hall–Kier alpha value is -4.33. The minimum atomic E-state index is -0.0279. The number of para-hydroxylation sites is 1. The van der Waals surface area contributed by atoms with E-state index in [-0.39, 0.29) is 17.6 Å². The molecule has 4 fully saturated rings. The van der Waals surface area contributed by atoms with Crippen LogP contribution in [0.25, 0.3) is 16.8 Å². The Balaban J connectivity index is 0.877. The van der Waals surface area contributed by atoms with Crippen molar-refractivity contribution in [3.8, 4) is 16.9 Å². The number of aromatic nitrogens is 2. The number of ether oxygens (including phenoxy) is 1. The molecule has 4 aliphatic carbocycles. The maximum Gasteiger partial charge on any atom is 0.308 e. The molecule has 6 atom stereocenters. The highest BCUT2D eigenvalue weighted by atomic mass is 16.5. The number of allylic oxidation sites excluding steroid dienone is 2. The van der Waals surface area contributed by atoms with Crippen LogP contribution in [0, 0.1) is 35.5 Å². The lowest BCUT2D eigenvalue weighted by Gasteiger charge is -2.34. The topological polar surface area (TPSA) is 114 Å². The predicted molar refractivity (Wildman–Crippen MR) is 186 cm³/mol. The number of rotatable bonds is 8. The van der Waals surface area contributed by atoms with Crippen molar-refractivity contribution in [2.45, 2.75) is 70.1 Å². The van der Waals surface area contributed by atoms with Gasteiger partial charge in [0.05, 0.1) is 18.2 Å². The number of esters is 1. The molecule has 1 aromatic heterocycles. The minimum Gasteiger partial charge on any atom is -0.507 e. The van der Waals surface area contributed by atoms with Crippen LogP contribution >= 0.6 is 0 Å². The van der Waals surface area contributed by atoms with Crippen LogP contribution in [0.15, 0.2) is 78.4 Å². The number of carbonyl (C=O) groups excluding carboxylic acids is 1. The number of nitrogens with two attached hydrogens (primary N) is 1. The molecule has 4 saturated carbocycles. The van der Waals surface area contributed by atoms with Gasteiger partial charge in [-0.3, -0.25) is 15.2 Å². The number of phenolic OH excluding ortho intramolecular Hbond substituents is 1. The van der Waals surface area contributed by atoms with E-state index in [1.807, 2.05) is 49.6 Å². The average molecular weight is 646 g/mol. The smallest absolute Gasteiger partial charge is 0.308 e. The molecule has 250 valence electrons. The molecule has 6 unspecified atom stereocenters. The number of hydrogen-bond acceptors (Lipinski definition) is 8. The first-order valence-electron chi connectivity index (χ1n) is 18.0. The molecule has 1 aliphatic heterocycles. The molecule has 0 radical (unpaired) electrons. The quantitative estimate of drug-likeness (QED) is 0.222. The Kier molecular flexibility index (Phi) is 8.13. The maximum atomic E-state index is 12.1. The summed E-state index contributed by atoms with van der Waals surface area (Å²) in [5, 5.41) is 12.4. The number of nitrogens with zero attached hydrogens (tertiary/aromatic N) is 3. The number of fused-ring (bicyclic) bond motifs is 1. The molecule has 0 amide bonds. The van der Waals surface area contributed by atoms with Crippen LogP contribution in [0.4, 0.5) is 0 Å². The third kappa shape index (κ3) is 5.73. The zero-order valence-corrected chi connectivity index (χ0v) is 28.0. The molecule has 2 aromatic carbocycles. The lowest BCUT2D eigenvalue weighted by Crippen LogP contribution is -2.39. The van der Waals surface area contributed by atoms with E-state index in [0.717, 1.165) is 83.6 Å². The number of carbonyl (C=O) groups is 1. The number of phenols is 1. The Labute approximate surface area is 283 Å². The second kappa shape index (κ2) is 12.6. The van der Waals surface area contributed by atoms with Crippen molar-refractivity contribution in [3.63, 3.8) is 0 Å². The molecular weight excluding hydrogens is 598 g/mol. The van der Waals surface area contributed by atoms with Gasteiger partial charge in [-0.25, -0.2) is 9.97 Å². The molecule has 0 saturated heterocycles. The second-order valence-corrected chi connectivity index (χ2v) is 14.9. The summed E-state index contributed by atoms with van der Waals surface area (Å²) < 4.78 is 5.24. The van der Waals surface area contributed by atoms with Crippen molar-refractivity contribution < 1.29 is 14.6 Å². The van der Waals surface area contributed by atoms with E-state index < -0.39 is 0 Å². The molecule has 2 heterocycles. The van der Waals surface area contributed by atoms with Gasteiger partial charge in [-0.1, -0.05) is 36.4 Å². The Morgan fingerprint density at radius 1 is 0.979 bits per heavy atom. The molecule has 8 rings (SSSR count). The molecule has 0 spiro atoms. The molecular formula is C40H47N5O3. The highest BCUT2D eigenvalue weighted by molar-refractivity contribution is 5.73. The Bertz CT molecular complexity index is 1730. The molecule has 5 aliphatic rings. The van der Waals surface area contributed by atoms with Gasteiger partial charge in [0.2, 0.25) is 0 Å². The second-order valence-electron chi connectivity index (χ2n) is 14.9. The summed E-state index contributed by atoms with van der Waals surface area (Å²) in [6.45, 7) is 2.34. The lowest BCUT2D eigenvalue weighted by molar-refractivity contribution is -0.149. The summed E-state index contributed by atoms with van der Waals surface area (Å²) in [7, 11) is 1.93. The zero-order chi connectivity index (χ0) is 32.9. The minimum absolute atomic E-state index is 0.0279. The molecule has 3 aromatic rings. The third-order valence-corrected chi connectivity index (χ3v) is 12.2. The summed E-state index contributed by atoms with van der Waals surface area (Å²) in [4.78, 5) is 22.0. The van der Waals surface area contributed by atoms with Crippen LogP contribution in [0.2, 0.25) is 0 Å². The number of nitrogens with one attached hydrogen (secondary N) is 1. The van der Waals surface area contributed by atoms with E-state index in [2.05, 4.69) is 35.8 Å². The fourth-order valence-electron chi connectivity index (χ4n) is 9.85. The number of hydrogen-bond donors (Lipinski definition) is 3. The third-order valence-electron chi connectivity index (χ3n) is 12.2. The lowest BCUT2D eigenvalue weighted by atomic mass is 9.75. The highest BCUT2D eigenvalue weighted by Gasteiger charge is 2.65. The molecule has 8 heteroatoms. The van der Waals surface area contributed by atoms with Crippen LogP contribution in [-0.4, -0.2) is 39.7 Å². The SMILES string of the molecule is CCOC(=O)[C@H]1CC[C@@H](c2ccc(-c3cnc(C4CC5CC(CC6=C(N)NN(C)C(c7ccccc7O)=C6)CC6C5C46)nc3)cc2)CC1. The number of hydrazine groups is 1. The van der Waals surface area contributed by atoms with E-state index in [1.165, 1.54) is 24.8 Å². The number of benzene rings is 2. The molecule has 4 N–H and O–H groups in total. The maximum absolute atomic E-state index is 12.1. The van der Waals surface area contributed by atoms with Crippen molar-refractivity contribution in [1.29, 1.82) is 0 Å². The summed E-state index contributed by atoms with van der Waals surface area (Å²) in [6.07, 6.45) is 14.7. The first-order valence-corrected chi connectivity index (χ1v) is 18.0. The normalized spacial score (nSPS) is 30.7. The molecule has 0 bridgehead atoms. The average Bonchev–Trinajstić information content (AvgIpc) is 3.69. The standard InChI is InChI=1S/C40H47N5O3/c1-3-48-40(47)27-14-12-25(13-15-27)24-8-10-26(11-9-24)30-21-42-39(43-22-30)33-19-28-16-23(18-32-36(28)37(32)33)17-29-20-34(45(2)44-38(29)41)31-6-4-5-7-35(31)46/h4-11,20-23,25,27-28,32-33,36-37,44,46H,3,12-19,41H2,1-2H3/t23?,25-,27+,28?,32?,33?,36?,37?. The van der Waals surface area contributed by atoms with Gasteiger partial charge >= 0.3 is 5.97 Å². The fourth-order valence-corrected chi connectivity index (χ4v) is 9.85. The van der Waals surface area contributed by atoms with Gasteiger partial charge in [-0.2, -0.15) is 0 Å². The predicted octanol–water partition coefficient (Wildman–Crippen LogP) is 7.11. The Morgan fingerprint density at radius 3 is 2.44 bits per heavy atom. The van der Waals surface area contributed by atoms with Crippen LogP contribution in [-0.2, 0) is 9.53 Å². The van der Waals surface area contributed by atoms with E-state index in [1.54, 1.807) is 6.07 Å². The van der Waals surface area contributed by atoms with Crippen LogP contribution in [0.3, 0.4) is 0 Å². The van der Waals surface area contributed by atoms with E-state index in [4.69, 9.17) is 20.4 Å². The summed E-state index contributed by atoms with van der Waals surface area (Å²) in [5.41, 5.74) is 16.2. The van der Waals surface area contributed by atoms with Gasteiger partial charge in [0, 0.05) is 36.5 Å². The molecule has 48 heavy (non-hydrogen) atoms. The van der Waals surface area contributed by atoms with Crippen LogP contribution < -0.4 is 11.2 Å². The van der Waals surface area contributed by atoms with Crippen molar-refractivity contribution in [2.24, 2.45) is 41.2 Å². The van der Waals surface area contributed by atoms with Crippen LogP contribution in [0.1, 0.15) is 87.1 Å². The van der Waals surface area contributed by atoms with Gasteiger partial charge < -0.3 is 15.6 Å². The van der Waals surface area contributed by atoms with Crippen molar-refractivity contribution in [2.75, 3.05) is 13.7 Å². The first-order chi connectivity index (χ1) is 23.4. The highest BCUT2D eigenvalue weighted by Crippen LogP contribution is 2.71. The number of aromatic hydroxyl groups is 1. The van der Waals surface area contributed by atoms with Crippen molar-refractivity contribution in [1.82, 2.24) is 20.4 Å². The monoisotopic (exact) mass is 645 g/mol. The summed E-state index contributed by atoms with van der Waals surface area (Å²) in [6, 6.07) is 16.4. The molecule has 8 nitrogen and oxygen atoms in total. The fraction of sp³-hybridized carbons (Fsp3) is 0.475. The van der Waals surface area contributed by atoms with Crippen LogP contribution in [0.5, 0.6) is 5.75 Å². The van der Waals surface area contributed by atoms with E-state index in [0.29, 0.717) is 36.1 Å². The Morgan fingerprint density at radius 2 is 1.73 bits per heavy atom. The van der Waals surface area contributed by atoms with Gasteiger partial charge in [-0.05, 0) is 129 Å². The van der Waals surface area contributed by atoms with Crippen molar-refractivity contribution in [3.05, 3.63) is 95.3 Å². The van der Waals surface area contributed by atoms with Crippen molar-refractivity contribution >= 4 is 11.7 Å². The van der Waals surface area contributed by atoms with Gasteiger partial charge in [-0.15, -0.1) is 0 Å². The van der Waals surface area contributed by atoms with E-state index >= 15 is 0 Å². The first kappa shape index (κ1) is 31.0. The summed E-state index contributed by atoms with van der Waals surface area (Å²) in [5.74, 6) is 6.64. The largest absolute Gasteiger partial charge is 0.507 e.